The Labute approximate surface area is 103 Å². The molecule has 0 N–H and O–H groups in total. The summed E-state index contributed by atoms with van der Waals surface area (Å²) in [4.78, 5) is 9.30. The summed E-state index contributed by atoms with van der Waals surface area (Å²) in [5, 5.41) is 3.32. The number of thiocarbonyl (C=S) groups is 1. The number of para-hydroxylation sites is 1. The molecule has 0 amide bonds. The maximum absolute atomic E-state index is 4.62. The molecule has 2 rings (SSSR count). The van der Waals surface area contributed by atoms with E-state index >= 15 is 0 Å². The van der Waals surface area contributed by atoms with Crippen LogP contribution in [0.5, 0.6) is 0 Å². The quantitative estimate of drug-likeness (QED) is 0.603. The van der Waals surface area contributed by atoms with Crippen molar-refractivity contribution in [2.45, 2.75) is 9.92 Å². The van der Waals surface area contributed by atoms with Gasteiger partial charge in [0.25, 0.3) is 0 Å². The van der Waals surface area contributed by atoms with Gasteiger partial charge < -0.3 is 0 Å². The van der Waals surface area contributed by atoms with Crippen molar-refractivity contribution in [2.75, 3.05) is 0 Å². The molecular weight excluding hydrogens is 236 g/mol. The number of benzene rings is 1. The lowest BCUT2D eigenvalue weighted by atomic mass is 10.3. The van der Waals surface area contributed by atoms with Gasteiger partial charge in [0.15, 0.2) is 0 Å². The van der Waals surface area contributed by atoms with Crippen molar-refractivity contribution >= 4 is 34.8 Å². The maximum Gasteiger partial charge on any atom is 0.101 e. The Morgan fingerprint density at radius 3 is 2.69 bits per heavy atom. The van der Waals surface area contributed by atoms with Crippen LogP contribution in [0.15, 0.2) is 63.6 Å². The van der Waals surface area contributed by atoms with Crippen LogP contribution in [-0.2, 0) is 0 Å². The van der Waals surface area contributed by atoms with Crippen molar-refractivity contribution in [1.82, 2.24) is 4.98 Å². The van der Waals surface area contributed by atoms with Crippen molar-refractivity contribution in [2.24, 2.45) is 4.99 Å². The average molecular weight is 244 g/mol. The van der Waals surface area contributed by atoms with Crippen LogP contribution in [0, 0.1) is 0 Å². The molecule has 78 valence electrons. The number of isothiocyanates is 1. The Bertz CT molecular complexity index is 520. The van der Waals surface area contributed by atoms with E-state index in [1.54, 1.807) is 18.0 Å². The third kappa shape index (κ3) is 2.76. The minimum atomic E-state index is 0.827. The van der Waals surface area contributed by atoms with E-state index < -0.39 is 0 Å². The van der Waals surface area contributed by atoms with Crippen molar-refractivity contribution in [3.63, 3.8) is 0 Å². The number of aromatic nitrogens is 1. The minimum Gasteiger partial charge on any atom is -0.250 e. The zero-order valence-electron chi connectivity index (χ0n) is 8.33. The predicted octanol–water partition coefficient (Wildman–Crippen LogP) is 3.97. The molecule has 1 heterocycles. The second kappa shape index (κ2) is 5.56. The molecule has 2 nitrogen and oxygen atoms in total. The maximum atomic E-state index is 4.62. The van der Waals surface area contributed by atoms with Crippen molar-refractivity contribution in [3.8, 4) is 0 Å². The second-order valence-corrected chi connectivity index (χ2v) is 4.19. The number of aliphatic imine (C=N–C) groups is 1. The normalized spacial score (nSPS) is 9.50. The summed E-state index contributed by atoms with van der Waals surface area (Å²) in [7, 11) is 0. The number of rotatable bonds is 3. The molecule has 0 unspecified atom stereocenters. The molecule has 0 aliphatic rings. The van der Waals surface area contributed by atoms with E-state index in [9.17, 15) is 0 Å². The Hall–Kier alpha value is -1.48. The van der Waals surface area contributed by atoms with Crippen LogP contribution in [-0.4, -0.2) is 10.1 Å². The Balaban J connectivity index is 2.31. The van der Waals surface area contributed by atoms with Crippen LogP contribution in [0.3, 0.4) is 0 Å². The van der Waals surface area contributed by atoms with Gasteiger partial charge in [0.05, 0.1) is 10.8 Å². The molecule has 16 heavy (non-hydrogen) atoms. The van der Waals surface area contributed by atoms with Gasteiger partial charge in [-0.25, -0.2) is 4.98 Å². The highest BCUT2D eigenvalue weighted by molar-refractivity contribution is 7.99. The highest BCUT2D eigenvalue weighted by atomic mass is 32.2. The van der Waals surface area contributed by atoms with E-state index in [1.165, 1.54) is 0 Å². The topological polar surface area (TPSA) is 25.2 Å². The van der Waals surface area contributed by atoms with Crippen molar-refractivity contribution in [1.29, 1.82) is 0 Å². The van der Waals surface area contributed by atoms with E-state index in [0.29, 0.717) is 0 Å². The lowest BCUT2D eigenvalue weighted by Gasteiger charge is -2.02. The third-order valence-electron chi connectivity index (χ3n) is 1.88. The average Bonchev–Trinajstić information content (AvgIpc) is 2.33. The lowest BCUT2D eigenvalue weighted by molar-refractivity contribution is 1.13. The molecular formula is C12H8N2S2. The summed E-state index contributed by atoms with van der Waals surface area (Å²) in [5.74, 6) is 0. The summed E-state index contributed by atoms with van der Waals surface area (Å²) in [6, 6.07) is 13.6. The van der Waals surface area contributed by atoms with E-state index in [1.807, 2.05) is 42.5 Å². The predicted molar refractivity (Wildman–Crippen MR) is 69.5 cm³/mol. The molecule has 0 radical (unpaired) electrons. The van der Waals surface area contributed by atoms with Crippen LogP contribution < -0.4 is 0 Å². The molecule has 0 atom stereocenters. The summed E-state index contributed by atoms with van der Waals surface area (Å²) in [6.07, 6.45) is 1.77. The second-order valence-electron chi connectivity index (χ2n) is 2.94. The fourth-order valence-electron chi connectivity index (χ4n) is 1.21. The third-order valence-corrected chi connectivity index (χ3v) is 2.99. The first-order chi connectivity index (χ1) is 7.90. The molecule has 0 spiro atoms. The van der Waals surface area contributed by atoms with Gasteiger partial charge >= 0.3 is 0 Å². The van der Waals surface area contributed by atoms with Crippen LogP contribution in [0.4, 0.5) is 5.69 Å². The summed E-state index contributed by atoms with van der Waals surface area (Å²) < 4.78 is 0. The van der Waals surface area contributed by atoms with E-state index in [2.05, 4.69) is 27.4 Å². The van der Waals surface area contributed by atoms with Crippen molar-refractivity contribution in [3.05, 3.63) is 48.7 Å². The lowest BCUT2D eigenvalue weighted by Crippen LogP contribution is -1.78. The largest absolute Gasteiger partial charge is 0.250 e. The molecule has 0 saturated carbocycles. The molecule has 0 aliphatic heterocycles. The van der Waals surface area contributed by atoms with Crippen LogP contribution in [0.2, 0.25) is 0 Å². The number of hydrogen-bond acceptors (Lipinski definition) is 4. The molecule has 2 aromatic rings. The first-order valence-electron chi connectivity index (χ1n) is 4.66. The van der Waals surface area contributed by atoms with Gasteiger partial charge in [-0.2, -0.15) is 4.99 Å². The zero-order chi connectivity index (χ0) is 11.2. The monoisotopic (exact) mass is 244 g/mol. The van der Waals surface area contributed by atoms with Gasteiger partial charge in [0.1, 0.15) is 5.03 Å². The Morgan fingerprint density at radius 1 is 1.12 bits per heavy atom. The fraction of sp³-hybridized carbons (Fsp3) is 0. The fourth-order valence-corrected chi connectivity index (χ4v) is 2.15. The van der Waals surface area contributed by atoms with Crippen LogP contribution in [0.1, 0.15) is 0 Å². The Morgan fingerprint density at radius 2 is 1.94 bits per heavy atom. The molecule has 0 bridgehead atoms. The van der Waals surface area contributed by atoms with E-state index in [0.717, 1.165) is 15.6 Å². The van der Waals surface area contributed by atoms with Gasteiger partial charge in [-0.15, -0.1) is 0 Å². The van der Waals surface area contributed by atoms with E-state index in [4.69, 9.17) is 0 Å². The standard InChI is InChI=1S/C12H8N2S2/c15-9-14-10-5-1-2-6-11(10)16-12-7-3-4-8-13-12/h1-8H. The summed E-state index contributed by atoms with van der Waals surface area (Å²) >= 11 is 6.18. The molecule has 1 aromatic heterocycles. The van der Waals surface area contributed by atoms with Gasteiger partial charge in [-0.1, -0.05) is 30.0 Å². The SMILES string of the molecule is S=C=Nc1ccccc1Sc1ccccn1. The smallest absolute Gasteiger partial charge is 0.101 e. The molecule has 0 fully saturated rings. The van der Waals surface area contributed by atoms with Gasteiger partial charge in [0.2, 0.25) is 0 Å². The number of pyridine rings is 1. The minimum absolute atomic E-state index is 0.827. The first kappa shape index (κ1) is 11.0. The van der Waals surface area contributed by atoms with Crippen LogP contribution >= 0.6 is 24.0 Å². The summed E-state index contributed by atoms with van der Waals surface area (Å²) in [6.45, 7) is 0. The Kier molecular flexibility index (Phi) is 3.83. The molecule has 1 aromatic carbocycles. The van der Waals surface area contributed by atoms with Crippen LogP contribution in [0.25, 0.3) is 0 Å². The molecule has 0 aliphatic carbocycles. The highest BCUT2D eigenvalue weighted by Gasteiger charge is 2.02. The summed E-state index contributed by atoms with van der Waals surface area (Å²) in [5.41, 5.74) is 0.827. The first-order valence-corrected chi connectivity index (χ1v) is 5.88. The number of nitrogens with zero attached hydrogens (tertiary/aromatic N) is 2. The van der Waals surface area contributed by atoms with Crippen molar-refractivity contribution < 1.29 is 0 Å². The number of hydrogen-bond donors (Lipinski definition) is 0. The van der Waals surface area contributed by atoms with Gasteiger partial charge in [0, 0.05) is 11.1 Å². The zero-order valence-corrected chi connectivity index (χ0v) is 9.96. The highest BCUT2D eigenvalue weighted by Crippen LogP contribution is 2.33. The van der Waals surface area contributed by atoms with E-state index in [-0.39, 0.29) is 0 Å². The van der Waals surface area contributed by atoms with Gasteiger partial charge in [-0.05, 0) is 36.5 Å². The molecule has 4 heteroatoms. The van der Waals surface area contributed by atoms with Gasteiger partial charge in [-0.3, -0.25) is 0 Å². The molecule has 0 saturated heterocycles.